The first kappa shape index (κ1) is 16.7. The highest BCUT2D eigenvalue weighted by atomic mass is 35.5. The Hall–Kier alpha value is -1.17. The average Bonchev–Trinajstić information content (AvgIpc) is 2.92. The van der Waals surface area contributed by atoms with Crippen molar-refractivity contribution in [1.82, 2.24) is 10.0 Å². The second-order valence-electron chi connectivity index (χ2n) is 5.37. The molecule has 0 aromatic carbocycles. The molecule has 4 atom stereocenters. The number of hydroxylamine groups is 2. The summed E-state index contributed by atoms with van der Waals surface area (Å²) in [5, 5.41) is -0.155. The fourth-order valence-electron chi connectivity index (χ4n) is 2.42. The van der Waals surface area contributed by atoms with Gasteiger partial charge in [0.1, 0.15) is 11.4 Å². The van der Waals surface area contributed by atoms with Crippen molar-refractivity contribution in [2.24, 2.45) is 0 Å². The summed E-state index contributed by atoms with van der Waals surface area (Å²) in [6.45, 7) is 3.74. The van der Waals surface area contributed by atoms with Crippen molar-refractivity contribution < 1.29 is 14.4 Å². The molecular weight excluding hydrogens is 363 g/mol. The number of rotatable bonds is 3. The van der Waals surface area contributed by atoms with Gasteiger partial charge in [0.2, 0.25) is 0 Å². The van der Waals surface area contributed by atoms with Gasteiger partial charge in [-0.1, -0.05) is 18.5 Å². The predicted molar refractivity (Wildman–Crippen MR) is 88.4 cm³/mol. The molecule has 0 spiro atoms. The van der Waals surface area contributed by atoms with E-state index >= 15 is 0 Å². The van der Waals surface area contributed by atoms with E-state index in [2.05, 4.69) is 4.98 Å². The molecule has 1 aromatic heterocycles. The zero-order valence-electron chi connectivity index (χ0n) is 12.5. The number of carbonyl (C=O) groups is 1. The van der Waals surface area contributed by atoms with Crippen LogP contribution in [0.2, 0.25) is 0 Å². The van der Waals surface area contributed by atoms with E-state index in [0.717, 1.165) is 0 Å². The number of alkyl halides is 3. The van der Waals surface area contributed by atoms with Crippen LogP contribution in [0.4, 0.5) is 0 Å². The quantitative estimate of drug-likeness (QED) is 0.458. The van der Waals surface area contributed by atoms with Crippen molar-refractivity contribution in [2.45, 2.75) is 42.6 Å². The minimum atomic E-state index is -0.807. The third-order valence-corrected chi connectivity index (χ3v) is 5.50. The van der Waals surface area contributed by atoms with Crippen LogP contribution < -0.4 is 4.84 Å². The number of esters is 1. The van der Waals surface area contributed by atoms with Crippen LogP contribution in [0, 0.1) is 0 Å². The molecule has 0 amide bonds. The SMILES string of the molecule is CC[C@H](C)OC(=O)C1=C2c3ncccc3ON2[C@H](Cl)[C@H](Cl)[C@H]1Cl. The maximum atomic E-state index is 12.6. The normalized spacial score (nSPS) is 27.2. The largest absolute Gasteiger partial charge is 0.459 e. The van der Waals surface area contributed by atoms with Crippen LogP contribution in [0.1, 0.15) is 26.0 Å². The Bertz CT molecular complexity index is 667. The summed E-state index contributed by atoms with van der Waals surface area (Å²) in [7, 11) is 0. The number of nitrogens with zero attached hydrogens (tertiary/aromatic N) is 2. The molecule has 1 aromatic rings. The van der Waals surface area contributed by atoms with Gasteiger partial charge in [0, 0.05) is 6.20 Å². The fourth-order valence-corrected chi connectivity index (χ4v) is 3.33. The standard InChI is InChI=1S/C15H15Cl3N2O3/c1-3-7(2)22-15(21)9-10(16)11(17)14(18)20-13(9)12-8(23-20)5-4-6-19-12/h4-7,10-11,14H,3H2,1-2H3/t7-,10-,11+,14-/m0/s1. The van der Waals surface area contributed by atoms with E-state index in [1.54, 1.807) is 18.3 Å². The highest BCUT2D eigenvalue weighted by molar-refractivity contribution is 6.38. The lowest BCUT2D eigenvalue weighted by atomic mass is 10.0. The van der Waals surface area contributed by atoms with Crippen molar-refractivity contribution in [3.63, 3.8) is 0 Å². The monoisotopic (exact) mass is 376 g/mol. The summed E-state index contributed by atoms with van der Waals surface area (Å²) in [5.74, 6) is -0.0349. The molecule has 0 N–H and O–H groups in total. The highest BCUT2D eigenvalue weighted by Gasteiger charge is 2.49. The molecular formula is C15H15Cl3N2O3. The van der Waals surface area contributed by atoms with Gasteiger partial charge in [-0.3, -0.25) is 4.98 Å². The van der Waals surface area contributed by atoms with Gasteiger partial charge in [0.05, 0.1) is 22.4 Å². The Labute approximate surface area is 149 Å². The number of hydrogen-bond acceptors (Lipinski definition) is 5. The molecule has 0 unspecified atom stereocenters. The predicted octanol–water partition coefficient (Wildman–Crippen LogP) is 3.54. The smallest absolute Gasteiger partial charge is 0.338 e. The molecule has 2 aliphatic rings. The lowest BCUT2D eigenvalue weighted by molar-refractivity contribution is -0.144. The first-order valence-corrected chi connectivity index (χ1v) is 8.56. The van der Waals surface area contributed by atoms with Gasteiger partial charge < -0.3 is 9.57 Å². The van der Waals surface area contributed by atoms with Gasteiger partial charge in [-0.25, -0.2) is 4.79 Å². The maximum Gasteiger partial charge on any atom is 0.338 e. The van der Waals surface area contributed by atoms with Crippen LogP contribution in [0.5, 0.6) is 5.75 Å². The van der Waals surface area contributed by atoms with Gasteiger partial charge in [-0.2, -0.15) is 5.06 Å². The van der Waals surface area contributed by atoms with E-state index in [4.69, 9.17) is 44.4 Å². The lowest BCUT2D eigenvalue weighted by Gasteiger charge is -2.35. The number of aromatic nitrogens is 1. The van der Waals surface area contributed by atoms with Gasteiger partial charge in [-0.15, -0.1) is 23.2 Å². The number of halogens is 3. The summed E-state index contributed by atoms with van der Waals surface area (Å²) in [6.07, 6.45) is 2.06. The maximum absolute atomic E-state index is 12.6. The summed E-state index contributed by atoms with van der Waals surface area (Å²) < 4.78 is 5.42. The molecule has 0 radical (unpaired) electrons. The summed E-state index contributed by atoms with van der Waals surface area (Å²) >= 11 is 19.0. The van der Waals surface area contributed by atoms with E-state index in [9.17, 15) is 4.79 Å². The molecule has 0 fully saturated rings. The van der Waals surface area contributed by atoms with Crippen LogP contribution in [-0.4, -0.2) is 38.4 Å². The second kappa shape index (κ2) is 6.38. The Balaban J connectivity index is 2.11. The summed E-state index contributed by atoms with van der Waals surface area (Å²) in [5.41, 5.74) is 0.416. The molecule has 0 bridgehead atoms. The Morgan fingerprint density at radius 3 is 2.91 bits per heavy atom. The number of carbonyl (C=O) groups excluding carboxylic acids is 1. The third kappa shape index (κ3) is 2.75. The van der Waals surface area contributed by atoms with Crippen LogP contribution in [0.15, 0.2) is 23.9 Å². The average molecular weight is 378 g/mol. The number of fused-ring (bicyclic) bond motifs is 3. The minimum Gasteiger partial charge on any atom is -0.459 e. The molecule has 3 heterocycles. The highest BCUT2D eigenvalue weighted by Crippen LogP contribution is 2.46. The van der Waals surface area contributed by atoms with Crippen LogP contribution in [0.25, 0.3) is 5.70 Å². The Kier molecular flexibility index (Phi) is 4.63. The molecule has 0 saturated carbocycles. The number of pyridine rings is 1. The van der Waals surface area contributed by atoms with Crippen molar-refractivity contribution in [2.75, 3.05) is 0 Å². The molecule has 3 rings (SSSR count). The van der Waals surface area contributed by atoms with Gasteiger partial charge >= 0.3 is 5.97 Å². The number of ether oxygens (including phenoxy) is 1. The molecule has 23 heavy (non-hydrogen) atoms. The van der Waals surface area contributed by atoms with E-state index in [0.29, 0.717) is 23.6 Å². The lowest BCUT2D eigenvalue weighted by Crippen LogP contribution is -2.47. The topological polar surface area (TPSA) is 51.7 Å². The third-order valence-electron chi connectivity index (χ3n) is 3.81. The van der Waals surface area contributed by atoms with E-state index in [-0.39, 0.29) is 11.7 Å². The van der Waals surface area contributed by atoms with Gasteiger partial charge in [0.15, 0.2) is 11.3 Å². The molecule has 5 nitrogen and oxygen atoms in total. The minimum absolute atomic E-state index is 0.223. The van der Waals surface area contributed by atoms with Crippen molar-refractivity contribution in [3.8, 4) is 5.75 Å². The zero-order chi connectivity index (χ0) is 16.7. The summed E-state index contributed by atoms with van der Waals surface area (Å²) in [4.78, 5) is 22.6. The Morgan fingerprint density at radius 2 is 2.22 bits per heavy atom. The summed E-state index contributed by atoms with van der Waals surface area (Å²) in [6, 6.07) is 3.47. The van der Waals surface area contributed by atoms with Crippen LogP contribution in [0.3, 0.4) is 0 Å². The second-order valence-corrected chi connectivity index (χ2v) is 6.79. The Morgan fingerprint density at radius 1 is 1.48 bits per heavy atom. The molecule has 124 valence electrons. The van der Waals surface area contributed by atoms with E-state index < -0.39 is 22.2 Å². The molecule has 8 heteroatoms. The van der Waals surface area contributed by atoms with Gasteiger partial charge in [-0.05, 0) is 25.5 Å². The molecule has 2 aliphatic heterocycles. The molecule has 0 saturated heterocycles. The first-order valence-electron chi connectivity index (χ1n) is 7.25. The first-order chi connectivity index (χ1) is 11.0. The van der Waals surface area contributed by atoms with Crippen molar-refractivity contribution in [3.05, 3.63) is 29.6 Å². The zero-order valence-corrected chi connectivity index (χ0v) is 14.8. The van der Waals surface area contributed by atoms with Crippen molar-refractivity contribution in [1.29, 1.82) is 0 Å². The van der Waals surface area contributed by atoms with Gasteiger partial charge in [0.25, 0.3) is 0 Å². The molecule has 0 aliphatic carbocycles. The van der Waals surface area contributed by atoms with E-state index in [1.165, 1.54) is 5.06 Å². The van der Waals surface area contributed by atoms with E-state index in [1.807, 2.05) is 13.8 Å². The number of hydrogen-bond donors (Lipinski definition) is 0. The fraction of sp³-hybridized carbons (Fsp3) is 0.467. The van der Waals surface area contributed by atoms with Crippen molar-refractivity contribution >= 4 is 46.5 Å². The van der Waals surface area contributed by atoms with Crippen LogP contribution >= 0.6 is 34.8 Å². The van der Waals surface area contributed by atoms with Crippen LogP contribution in [-0.2, 0) is 9.53 Å².